The Labute approximate surface area is 189 Å². The van der Waals surface area contributed by atoms with Crippen molar-refractivity contribution in [2.45, 2.75) is 13.3 Å². The van der Waals surface area contributed by atoms with Crippen molar-refractivity contribution in [1.82, 2.24) is 4.90 Å². The number of ether oxygens (including phenoxy) is 1. The first kappa shape index (κ1) is 23.6. The molecule has 3 amide bonds. The van der Waals surface area contributed by atoms with Crippen molar-refractivity contribution in [2.75, 3.05) is 37.0 Å². The van der Waals surface area contributed by atoms with Gasteiger partial charge in [-0.3, -0.25) is 24.5 Å². The van der Waals surface area contributed by atoms with Gasteiger partial charge in [0.15, 0.2) is 0 Å². The van der Waals surface area contributed by atoms with Gasteiger partial charge in [0.25, 0.3) is 0 Å². The molecule has 0 saturated carbocycles. The van der Waals surface area contributed by atoms with Crippen LogP contribution in [0.3, 0.4) is 0 Å². The smallest absolute Gasteiger partial charge is 0.306 e. The second kappa shape index (κ2) is 10.1. The third-order valence-corrected chi connectivity index (χ3v) is 5.29. The monoisotopic (exact) mass is 458 g/mol. The molecule has 0 bridgehead atoms. The highest BCUT2D eigenvalue weighted by Crippen LogP contribution is 2.30. The van der Waals surface area contributed by atoms with Crippen molar-refractivity contribution in [2.24, 2.45) is 5.92 Å². The Morgan fingerprint density at radius 1 is 1.30 bits per heavy atom. The van der Waals surface area contributed by atoms with Gasteiger partial charge in [0.2, 0.25) is 23.5 Å². The Balaban J connectivity index is 1.67. The summed E-state index contributed by atoms with van der Waals surface area (Å²) >= 11 is 0. The van der Waals surface area contributed by atoms with Crippen LogP contribution >= 0.6 is 0 Å². The highest BCUT2D eigenvalue weighted by molar-refractivity contribution is 6.01. The lowest BCUT2D eigenvalue weighted by Gasteiger charge is -2.24. The van der Waals surface area contributed by atoms with Crippen LogP contribution in [0.4, 0.5) is 21.5 Å². The predicted octanol–water partition coefficient (Wildman–Crippen LogP) is 2.58. The number of amides is 3. The molecule has 1 atom stereocenters. The number of carbonyl (C=O) groups is 3. The van der Waals surface area contributed by atoms with Gasteiger partial charge in [0.1, 0.15) is 5.75 Å². The lowest BCUT2D eigenvalue weighted by atomic mass is 10.1. The first-order valence-electron chi connectivity index (χ1n) is 10.2. The summed E-state index contributed by atoms with van der Waals surface area (Å²) in [5, 5.41) is 13.7. The molecule has 1 unspecified atom stereocenters. The van der Waals surface area contributed by atoms with E-state index in [1.54, 1.807) is 31.2 Å². The number of carbonyl (C=O) groups excluding carboxylic acids is 3. The molecule has 10 nitrogen and oxygen atoms in total. The fourth-order valence-electron chi connectivity index (χ4n) is 3.61. The van der Waals surface area contributed by atoms with Crippen molar-refractivity contribution in [3.05, 3.63) is 58.4 Å². The molecule has 1 saturated heterocycles. The van der Waals surface area contributed by atoms with Crippen molar-refractivity contribution in [3.63, 3.8) is 0 Å². The molecule has 1 N–H and O–H groups in total. The van der Waals surface area contributed by atoms with Crippen LogP contribution in [0.5, 0.6) is 5.75 Å². The molecule has 2 aromatic rings. The minimum Gasteiger partial charge on any atom is -0.497 e. The van der Waals surface area contributed by atoms with Gasteiger partial charge in [-0.05, 0) is 31.2 Å². The van der Waals surface area contributed by atoms with E-state index in [4.69, 9.17) is 4.74 Å². The molecule has 0 spiro atoms. The largest absolute Gasteiger partial charge is 0.497 e. The number of hydrogen-bond acceptors (Lipinski definition) is 6. The van der Waals surface area contributed by atoms with Crippen LogP contribution in [0.25, 0.3) is 0 Å². The van der Waals surface area contributed by atoms with Crippen LogP contribution in [-0.4, -0.2) is 54.3 Å². The van der Waals surface area contributed by atoms with E-state index < -0.39 is 34.2 Å². The Hall–Kier alpha value is -4.02. The molecule has 0 radical (unpaired) electrons. The fraction of sp³-hybridized carbons (Fsp3) is 0.318. The van der Waals surface area contributed by atoms with Crippen LogP contribution in [0.1, 0.15) is 13.3 Å². The topological polar surface area (TPSA) is 122 Å². The molecule has 33 heavy (non-hydrogen) atoms. The molecule has 0 aliphatic carbocycles. The molecule has 11 heteroatoms. The van der Waals surface area contributed by atoms with Crippen molar-refractivity contribution in [1.29, 1.82) is 0 Å². The van der Waals surface area contributed by atoms with Crippen LogP contribution in [0.15, 0.2) is 42.5 Å². The maximum atomic E-state index is 13.6. The number of benzene rings is 2. The summed E-state index contributed by atoms with van der Waals surface area (Å²) < 4.78 is 18.7. The SMILES string of the molecule is CCN(CC(=O)Nc1cccc(OC)c1)C(=O)C1CC(=O)N(c2ccc(F)c([N+](=O)[O-])c2)C1. The third-order valence-electron chi connectivity index (χ3n) is 5.29. The molecular formula is C22H23FN4O6. The number of nitrogens with zero attached hydrogens (tertiary/aromatic N) is 3. The number of nitrogens with one attached hydrogen (secondary N) is 1. The molecular weight excluding hydrogens is 435 g/mol. The van der Waals surface area contributed by atoms with Gasteiger partial charge in [-0.2, -0.15) is 4.39 Å². The van der Waals surface area contributed by atoms with E-state index in [-0.39, 0.29) is 37.6 Å². The van der Waals surface area contributed by atoms with Gasteiger partial charge < -0.3 is 19.9 Å². The zero-order valence-electron chi connectivity index (χ0n) is 18.1. The van der Waals surface area contributed by atoms with Crippen molar-refractivity contribution in [3.8, 4) is 5.75 Å². The van der Waals surface area contributed by atoms with Gasteiger partial charge in [-0.15, -0.1) is 0 Å². The maximum Gasteiger partial charge on any atom is 0.306 e. The molecule has 0 aromatic heterocycles. The number of halogens is 1. The summed E-state index contributed by atoms with van der Waals surface area (Å²) in [5.74, 6) is -2.37. The summed E-state index contributed by atoms with van der Waals surface area (Å²) in [6.07, 6.45) is -0.113. The normalized spacial score (nSPS) is 15.3. The van der Waals surface area contributed by atoms with Crippen LogP contribution in [0, 0.1) is 21.8 Å². The summed E-state index contributed by atoms with van der Waals surface area (Å²) in [7, 11) is 1.51. The quantitative estimate of drug-likeness (QED) is 0.479. The number of rotatable bonds is 8. The number of nitro groups is 1. The average molecular weight is 458 g/mol. The third kappa shape index (κ3) is 5.43. The summed E-state index contributed by atoms with van der Waals surface area (Å²) in [6, 6.07) is 9.92. The maximum absolute atomic E-state index is 13.6. The predicted molar refractivity (Wildman–Crippen MR) is 117 cm³/mol. The lowest BCUT2D eigenvalue weighted by Crippen LogP contribution is -2.42. The van der Waals surface area contributed by atoms with Crippen molar-refractivity contribution >= 4 is 34.8 Å². The summed E-state index contributed by atoms with van der Waals surface area (Å²) in [4.78, 5) is 50.6. The standard InChI is InChI=1S/C22H23FN4O6/c1-3-25(13-20(28)24-15-5-4-6-17(10-15)33-2)22(30)14-9-21(29)26(12-14)16-7-8-18(23)19(11-16)27(31)32/h4-8,10-11,14H,3,9,12-13H2,1-2H3,(H,24,28). The molecule has 3 rings (SSSR count). The number of hydrogen-bond donors (Lipinski definition) is 1. The van der Waals surface area contributed by atoms with E-state index in [0.717, 1.165) is 12.1 Å². The second-order valence-corrected chi connectivity index (χ2v) is 7.43. The number of methoxy groups -OCH3 is 1. The van der Waals surface area contributed by atoms with Gasteiger partial charge in [-0.1, -0.05) is 6.07 Å². The van der Waals surface area contributed by atoms with E-state index in [0.29, 0.717) is 11.4 Å². The highest BCUT2D eigenvalue weighted by Gasteiger charge is 2.38. The molecule has 1 aliphatic rings. The fourth-order valence-corrected chi connectivity index (χ4v) is 3.61. The number of nitro benzene ring substituents is 1. The molecule has 174 valence electrons. The Kier molecular flexibility index (Phi) is 7.21. The van der Waals surface area contributed by atoms with E-state index in [1.165, 1.54) is 23.0 Å². The first-order chi connectivity index (χ1) is 15.7. The van der Waals surface area contributed by atoms with Crippen molar-refractivity contribution < 1.29 is 28.4 Å². The minimum atomic E-state index is -1.01. The van der Waals surface area contributed by atoms with Gasteiger partial charge in [0, 0.05) is 37.3 Å². The molecule has 1 fully saturated rings. The minimum absolute atomic E-state index is 0.0194. The molecule has 2 aromatic carbocycles. The molecule has 1 aliphatic heterocycles. The van der Waals surface area contributed by atoms with E-state index in [1.807, 2.05) is 0 Å². The van der Waals surface area contributed by atoms with Gasteiger partial charge in [-0.25, -0.2) is 0 Å². The van der Waals surface area contributed by atoms with Crippen LogP contribution in [0.2, 0.25) is 0 Å². The first-order valence-corrected chi connectivity index (χ1v) is 10.2. The van der Waals surface area contributed by atoms with E-state index in [2.05, 4.69) is 5.32 Å². The number of anilines is 2. The van der Waals surface area contributed by atoms with Gasteiger partial charge >= 0.3 is 5.69 Å². The zero-order valence-corrected chi connectivity index (χ0v) is 18.1. The Bertz CT molecular complexity index is 1090. The van der Waals surface area contributed by atoms with E-state index >= 15 is 0 Å². The zero-order chi connectivity index (χ0) is 24.1. The Morgan fingerprint density at radius 2 is 2.06 bits per heavy atom. The average Bonchev–Trinajstić information content (AvgIpc) is 3.18. The van der Waals surface area contributed by atoms with Crippen LogP contribution < -0.4 is 15.0 Å². The summed E-state index contributed by atoms with van der Waals surface area (Å²) in [6.45, 7) is 1.74. The highest BCUT2D eigenvalue weighted by atomic mass is 19.1. The number of likely N-dealkylation sites (N-methyl/N-ethyl adjacent to an activating group) is 1. The summed E-state index contributed by atoms with van der Waals surface area (Å²) in [5.41, 5.74) is -0.0929. The lowest BCUT2D eigenvalue weighted by molar-refractivity contribution is -0.387. The van der Waals surface area contributed by atoms with E-state index in [9.17, 15) is 28.9 Å². The van der Waals surface area contributed by atoms with Crippen LogP contribution in [-0.2, 0) is 14.4 Å². The molecule has 1 heterocycles. The Morgan fingerprint density at radius 3 is 2.73 bits per heavy atom. The van der Waals surface area contributed by atoms with Gasteiger partial charge in [0.05, 0.1) is 30.2 Å². The second-order valence-electron chi connectivity index (χ2n) is 7.43.